The van der Waals surface area contributed by atoms with Gasteiger partial charge in [-0.3, -0.25) is 4.79 Å². The van der Waals surface area contributed by atoms with E-state index in [1.54, 1.807) is 11.1 Å². The molecule has 0 atom stereocenters. The highest BCUT2D eigenvalue weighted by Gasteiger charge is 2.20. The Bertz CT molecular complexity index is 685. The van der Waals surface area contributed by atoms with Crippen LogP contribution in [-0.2, 0) is 11.3 Å². The highest BCUT2D eigenvalue weighted by molar-refractivity contribution is 5.49. The van der Waals surface area contributed by atoms with E-state index in [2.05, 4.69) is 46.0 Å². The van der Waals surface area contributed by atoms with E-state index in [1.807, 2.05) is 18.2 Å². The van der Waals surface area contributed by atoms with Crippen molar-refractivity contribution < 1.29 is 4.79 Å². The van der Waals surface area contributed by atoms with Crippen LogP contribution in [0.25, 0.3) is 0 Å². The Labute approximate surface area is 148 Å². The number of piperazine rings is 1. The number of amides is 1. The maximum Gasteiger partial charge on any atom is 0.247 e. The second-order valence-corrected chi connectivity index (χ2v) is 6.45. The number of anilines is 2. The maximum absolute atomic E-state index is 10.9. The molecule has 132 valence electrons. The van der Waals surface area contributed by atoms with Gasteiger partial charge in [0.25, 0.3) is 0 Å². The molecular weight excluding hydrogens is 316 g/mol. The predicted octanol–water partition coefficient (Wildman–Crippen LogP) is 1.56. The zero-order valence-electron chi connectivity index (χ0n) is 14.7. The predicted molar refractivity (Wildman–Crippen MR) is 97.4 cm³/mol. The first-order chi connectivity index (χ1) is 12.2. The van der Waals surface area contributed by atoms with Crippen molar-refractivity contribution in [3.05, 3.63) is 42.1 Å². The smallest absolute Gasteiger partial charge is 0.247 e. The molecule has 3 rings (SSSR count). The van der Waals surface area contributed by atoms with Gasteiger partial charge in [-0.25, -0.2) is 0 Å². The number of benzene rings is 1. The van der Waals surface area contributed by atoms with Gasteiger partial charge in [0.05, 0.1) is 6.20 Å². The van der Waals surface area contributed by atoms with E-state index in [-0.39, 0.29) is 6.04 Å². The lowest BCUT2D eigenvalue weighted by Crippen LogP contribution is -2.46. The van der Waals surface area contributed by atoms with Crippen molar-refractivity contribution in [2.24, 2.45) is 0 Å². The number of hydrogen-bond donors (Lipinski definition) is 0. The van der Waals surface area contributed by atoms with E-state index < -0.39 is 0 Å². The molecule has 0 bridgehead atoms. The zero-order chi connectivity index (χ0) is 17.6. The number of carbonyl (C=O) groups is 1. The van der Waals surface area contributed by atoms with Crippen LogP contribution in [0.3, 0.4) is 0 Å². The monoisotopic (exact) mass is 340 g/mol. The molecule has 1 fully saturated rings. The van der Waals surface area contributed by atoms with Gasteiger partial charge < -0.3 is 14.7 Å². The first-order valence-corrected chi connectivity index (χ1v) is 8.62. The van der Waals surface area contributed by atoms with Gasteiger partial charge in [0.15, 0.2) is 5.82 Å². The van der Waals surface area contributed by atoms with Gasteiger partial charge in [-0.05, 0) is 19.4 Å². The molecule has 0 spiro atoms. The number of aromatic nitrogens is 3. The fourth-order valence-corrected chi connectivity index (χ4v) is 2.89. The summed E-state index contributed by atoms with van der Waals surface area (Å²) in [5.74, 6) is 1.45. The molecule has 2 aromatic rings. The van der Waals surface area contributed by atoms with E-state index in [0.717, 1.165) is 31.9 Å². The van der Waals surface area contributed by atoms with Crippen LogP contribution in [-0.4, -0.2) is 58.7 Å². The number of hydrogen-bond acceptors (Lipinski definition) is 6. The van der Waals surface area contributed by atoms with E-state index >= 15 is 0 Å². The average molecular weight is 340 g/mol. The second kappa shape index (κ2) is 7.92. The molecule has 0 saturated carbocycles. The minimum absolute atomic E-state index is 0.289. The summed E-state index contributed by atoms with van der Waals surface area (Å²) in [5, 5.41) is 8.36. The largest absolute Gasteiger partial charge is 0.348 e. The fourth-order valence-electron chi connectivity index (χ4n) is 2.89. The van der Waals surface area contributed by atoms with Crippen molar-refractivity contribution in [3.63, 3.8) is 0 Å². The SMILES string of the molecule is CC(C)N(Cc1ccccc1)c1cnnc(N2CCN(C=O)CC2)n1. The summed E-state index contributed by atoms with van der Waals surface area (Å²) in [4.78, 5) is 21.7. The Hall–Kier alpha value is -2.70. The van der Waals surface area contributed by atoms with Crippen LogP contribution in [0.15, 0.2) is 36.5 Å². The minimum atomic E-state index is 0.289. The lowest BCUT2D eigenvalue weighted by Gasteiger charge is -2.33. The fraction of sp³-hybridized carbons (Fsp3) is 0.444. The van der Waals surface area contributed by atoms with Crippen molar-refractivity contribution in [1.29, 1.82) is 0 Å². The molecule has 25 heavy (non-hydrogen) atoms. The van der Waals surface area contributed by atoms with Crippen LogP contribution in [0, 0.1) is 0 Å². The molecule has 0 N–H and O–H groups in total. The average Bonchev–Trinajstić information content (AvgIpc) is 2.67. The van der Waals surface area contributed by atoms with E-state index in [0.29, 0.717) is 19.0 Å². The summed E-state index contributed by atoms with van der Waals surface area (Å²) in [6.07, 6.45) is 2.61. The second-order valence-electron chi connectivity index (χ2n) is 6.45. The Balaban J connectivity index is 1.77. The Morgan fingerprint density at radius 2 is 1.88 bits per heavy atom. The van der Waals surface area contributed by atoms with Crippen LogP contribution in [0.5, 0.6) is 0 Å². The highest BCUT2D eigenvalue weighted by Crippen LogP contribution is 2.19. The van der Waals surface area contributed by atoms with Crippen LogP contribution in [0.1, 0.15) is 19.4 Å². The summed E-state index contributed by atoms with van der Waals surface area (Å²) >= 11 is 0. The Morgan fingerprint density at radius 3 is 2.52 bits per heavy atom. The minimum Gasteiger partial charge on any atom is -0.348 e. The van der Waals surface area contributed by atoms with Crippen molar-refractivity contribution in [3.8, 4) is 0 Å². The molecule has 1 aromatic heterocycles. The van der Waals surface area contributed by atoms with Gasteiger partial charge in [-0.2, -0.15) is 10.1 Å². The molecule has 1 aromatic carbocycles. The van der Waals surface area contributed by atoms with Crippen molar-refractivity contribution in [2.75, 3.05) is 36.0 Å². The molecule has 0 aliphatic carbocycles. The first kappa shape index (κ1) is 17.1. The van der Waals surface area contributed by atoms with Gasteiger partial charge in [0, 0.05) is 38.8 Å². The standard InChI is InChI=1S/C18H24N6O/c1-15(2)24(13-16-6-4-3-5-7-16)17-12-19-21-18(20-17)23-10-8-22(14-25)9-11-23/h3-7,12,14-15H,8-11,13H2,1-2H3. The third-order valence-corrected chi connectivity index (χ3v) is 4.39. The summed E-state index contributed by atoms with van der Waals surface area (Å²) in [5.41, 5.74) is 1.23. The molecule has 1 saturated heterocycles. The number of carbonyl (C=O) groups excluding carboxylic acids is 1. The Morgan fingerprint density at radius 1 is 1.16 bits per heavy atom. The molecule has 2 heterocycles. The molecule has 1 amide bonds. The van der Waals surface area contributed by atoms with Crippen molar-refractivity contribution in [1.82, 2.24) is 20.1 Å². The lowest BCUT2D eigenvalue weighted by atomic mass is 10.2. The van der Waals surface area contributed by atoms with Crippen LogP contribution in [0.4, 0.5) is 11.8 Å². The van der Waals surface area contributed by atoms with Crippen LogP contribution < -0.4 is 9.80 Å². The van der Waals surface area contributed by atoms with Gasteiger partial charge in [-0.15, -0.1) is 5.10 Å². The van der Waals surface area contributed by atoms with Gasteiger partial charge in [0.2, 0.25) is 12.4 Å². The first-order valence-electron chi connectivity index (χ1n) is 8.62. The van der Waals surface area contributed by atoms with Crippen LogP contribution in [0.2, 0.25) is 0 Å². The highest BCUT2D eigenvalue weighted by atomic mass is 16.1. The van der Waals surface area contributed by atoms with Gasteiger partial charge in [0.1, 0.15) is 0 Å². The normalized spacial score (nSPS) is 14.7. The summed E-state index contributed by atoms with van der Waals surface area (Å²) in [6.45, 7) is 7.90. The third kappa shape index (κ3) is 4.23. The van der Waals surface area contributed by atoms with E-state index in [9.17, 15) is 4.79 Å². The lowest BCUT2D eigenvalue weighted by molar-refractivity contribution is -0.118. The topological polar surface area (TPSA) is 65.5 Å². The summed E-state index contributed by atoms with van der Waals surface area (Å²) in [7, 11) is 0. The number of nitrogens with zero attached hydrogens (tertiary/aromatic N) is 6. The van der Waals surface area contributed by atoms with Gasteiger partial charge in [-0.1, -0.05) is 30.3 Å². The van der Waals surface area contributed by atoms with Gasteiger partial charge >= 0.3 is 0 Å². The Kier molecular flexibility index (Phi) is 5.42. The summed E-state index contributed by atoms with van der Waals surface area (Å²) < 4.78 is 0. The van der Waals surface area contributed by atoms with E-state index in [4.69, 9.17) is 4.98 Å². The molecule has 1 aliphatic heterocycles. The van der Waals surface area contributed by atoms with Crippen molar-refractivity contribution in [2.45, 2.75) is 26.4 Å². The molecule has 1 aliphatic rings. The molecule has 0 unspecified atom stereocenters. The molecule has 7 nitrogen and oxygen atoms in total. The van der Waals surface area contributed by atoms with E-state index in [1.165, 1.54) is 5.56 Å². The molecule has 7 heteroatoms. The molecule has 0 radical (unpaired) electrons. The third-order valence-electron chi connectivity index (χ3n) is 4.39. The number of rotatable bonds is 6. The van der Waals surface area contributed by atoms with Crippen LogP contribution >= 0.6 is 0 Å². The van der Waals surface area contributed by atoms with Crippen molar-refractivity contribution >= 4 is 18.2 Å². The maximum atomic E-state index is 10.9. The molecular formula is C18H24N6O. The zero-order valence-corrected chi connectivity index (χ0v) is 14.7. The summed E-state index contributed by atoms with van der Waals surface area (Å²) in [6, 6.07) is 10.6. The quantitative estimate of drug-likeness (QED) is 0.744.